The summed E-state index contributed by atoms with van der Waals surface area (Å²) in [5.41, 5.74) is 2.45. The minimum Gasteiger partial charge on any atom is -0.508 e. The SMILES string of the molecule is O=C(O)c1ccc2cc(C(=O)Oc3ccc(-c4ccc(O)cc4)cc3)ccc2c1. The number of carboxylic acids is 1. The van der Waals surface area contributed by atoms with Crippen LogP contribution in [0.1, 0.15) is 20.7 Å². The van der Waals surface area contributed by atoms with E-state index in [9.17, 15) is 14.7 Å². The molecule has 0 heterocycles. The molecular formula is C24H16O5. The quantitative estimate of drug-likeness (QED) is 0.376. The Balaban J connectivity index is 1.52. The minimum atomic E-state index is -0.994. The highest BCUT2D eigenvalue weighted by molar-refractivity contribution is 5.99. The van der Waals surface area contributed by atoms with Crippen LogP contribution in [0.25, 0.3) is 21.9 Å². The number of esters is 1. The molecule has 5 heteroatoms. The molecule has 29 heavy (non-hydrogen) atoms. The zero-order valence-corrected chi connectivity index (χ0v) is 15.2. The Morgan fingerprint density at radius 3 is 1.76 bits per heavy atom. The summed E-state index contributed by atoms with van der Waals surface area (Å²) in [5.74, 6) is -0.870. The minimum absolute atomic E-state index is 0.196. The van der Waals surface area contributed by atoms with Gasteiger partial charge in [-0.15, -0.1) is 0 Å². The Kier molecular flexibility index (Phi) is 4.71. The monoisotopic (exact) mass is 384 g/mol. The second-order valence-electron chi connectivity index (χ2n) is 6.54. The molecule has 5 nitrogen and oxygen atoms in total. The molecule has 0 unspecified atom stereocenters. The smallest absolute Gasteiger partial charge is 0.343 e. The molecule has 4 aromatic rings. The van der Waals surface area contributed by atoms with Gasteiger partial charge < -0.3 is 14.9 Å². The Bertz CT molecular complexity index is 1210. The first-order valence-corrected chi connectivity index (χ1v) is 8.88. The summed E-state index contributed by atoms with van der Waals surface area (Å²) < 4.78 is 5.45. The van der Waals surface area contributed by atoms with E-state index >= 15 is 0 Å². The molecule has 2 N–H and O–H groups in total. The molecule has 0 amide bonds. The Hall–Kier alpha value is -4.12. The fourth-order valence-electron chi connectivity index (χ4n) is 3.04. The van der Waals surface area contributed by atoms with Crippen molar-refractivity contribution in [2.24, 2.45) is 0 Å². The number of phenolic OH excluding ortho intramolecular Hbond substituents is 1. The van der Waals surface area contributed by atoms with Gasteiger partial charge in [-0.2, -0.15) is 0 Å². The van der Waals surface area contributed by atoms with Crippen LogP contribution in [0, 0.1) is 0 Å². The average molecular weight is 384 g/mol. The summed E-state index contributed by atoms with van der Waals surface area (Å²) in [6, 6.07) is 23.7. The number of benzene rings is 4. The largest absolute Gasteiger partial charge is 0.508 e. The van der Waals surface area contributed by atoms with Crippen LogP contribution in [-0.4, -0.2) is 22.2 Å². The second kappa shape index (κ2) is 7.48. The Morgan fingerprint density at radius 1 is 0.655 bits per heavy atom. The van der Waals surface area contributed by atoms with Gasteiger partial charge in [-0.05, 0) is 70.4 Å². The molecule has 142 valence electrons. The highest BCUT2D eigenvalue weighted by atomic mass is 16.5. The van der Waals surface area contributed by atoms with E-state index in [1.54, 1.807) is 66.7 Å². The number of carbonyl (C=O) groups excluding carboxylic acids is 1. The number of rotatable bonds is 4. The van der Waals surface area contributed by atoms with Gasteiger partial charge in [-0.1, -0.05) is 36.4 Å². The van der Waals surface area contributed by atoms with Gasteiger partial charge in [0, 0.05) is 0 Å². The van der Waals surface area contributed by atoms with Crippen molar-refractivity contribution in [3.63, 3.8) is 0 Å². The van der Waals surface area contributed by atoms with Crippen LogP contribution >= 0.6 is 0 Å². The number of aromatic hydroxyl groups is 1. The molecule has 0 radical (unpaired) electrons. The lowest BCUT2D eigenvalue weighted by atomic mass is 10.0. The van der Waals surface area contributed by atoms with Gasteiger partial charge in [-0.25, -0.2) is 9.59 Å². The van der Waals surface area contributed by atoms with Crippen LogP contribution in [0.2, 0.25) is 0 Å². The van der Waals surface area contributed by atoms with E-state index in [-0.39, 0.29) is 11.3 Å². The fourth-order valence-corrected chi connectivity index (χ4v) is 3.04. The molecule has 0 atom stereocenters. The molecule has 0 aliphatic carbocycles. The fraction of sp³-hybridized carbons (Fsp3) is 0. The number of carbonyl (C=O) groups is 2. The second-order valence-corrected chi connectivity index (χ2v) is 6.54. The lowest BCUT2D eigenvalue weighted by molar-refractivity contribution is 0.0694. The van der Waals surface area contributed by atoms with E-state index in [0.29, 0.717) is 11.3 Å². The van der Waals surface area contributed by atoms with E-state index in [2.05, 4.69) is 0 Å². The lowest BCUT2D eigenvalue weighted by Crippen LogP contribution is -2.08. The van der Waals surface area contributed by atoms with E-state index in [0.717, 1.165) is 21.9 Å². The molecule has 4 rings (SSSR count). The number of fused-ring (bicyclic) bond motifs is 1. The predicted molar refractivity (Wildman–Crippen MR) is 109 cm³/mol. The van der Waals surface area contributed by atoms with Gasteiger partial charge in [0.2, 0.25) is 0 Å². The third-order valence-corrected chi connectivity index (χ3v) is 4.59. The summed E-state index contributed by atoms with van der Waals surface area (Å²) in [6.45, 7) is 0. The van der Waals surface area contributed by atoms with Gasteiger partial charge in [0.25, 0.3) is 0 Å². The summed E-state index contributed by atoms with van der Waals surface area (Å²) in [6.07, 6.45) is 0. The number of hydrogen-bond acceptors (Lipinski definition) is 4. The van der Waals surface area contributed by atoms with Crippen molar-refractivity contribution in [1.82, 2.24) is 0 Å². The zero-order valence-electron chi connectivity index (χ0n) is 15.2. The normalized spacial score (nSPS) is 10.6. The average Bonchev–Trinajstić information content (AvgIpc) is 2.74. The van der Waals surface area contributed by atoms with Crippen LogP contribution in [-0.2, 0) is 0 Å². The molecule has 0 saturated carbocycles. The van der Waals surface area contributed by atoms with E-state index < -0.39 is 11.9 Å². The maximum absolute atomic E-state index is 12.5. The molecule has 0 aliphatic heterocycles. The molecule has 0 spiro atoms. The van der Waals surface area contributed by atoms with Crippen molar-refractivity contribution < 1.29 is 24.5 Å². The third-order valence-electron chi connectivity index (χ3n) is 4.59. The number of ether oxygens (including phenoxy) is 1. The van der Waals surface area contributed by atoms with Gasteiger partial charge in [0.05, 0.1) is 11.1 Å². The summed E-state index contributed by atoms with van der Waals surface area (Å²) in [4.78, 5) is 23.5. The molecule has 0 bridgehead atoms. The first-order chi connectivity index (χ1) is 14.0. The van der Waals surface area contributed by atoms with Crippen molar-refractivity contribution in [1.29, 1.82) is 0 Å². The van der Waals surface area contributed by atoms with Gasteiger partial charge in [-0.3, -0.25) is 0 Å². The van der Waals surface area contributed by atoms with Crippen LogP contribution in [0.3, 0.4) is 0 Å². The Morgan fingerprint density at radius 2 is 1.17 bits per heavy atom. The summed E-state index contributed by atoms with van der Waals surface area (Å²) in [7, 11) is 0. The van der Waals surface area contributed by atoms with E-state index in [4.69, 9.17) is 9.84 Å². The maximum atomic E-state index is 12.5. The van der Waals surface area contributed by atoms with Gasteiger partial charge in [0.15, 0.2) is 0 Å². The van der Waals surface area contributed by atoms with Crippen molar-refractivity contribution in [2.45, 2.75) is 0 Å². The standard InChI is InChI=1S/C24H16O5/c25-21-9-5-15(6-10-21)16-7-11-22(12-8-16)29-24(28)20-4-2-17-13-19(23(26)27)3-1-18(17)14-20/h1-14,25H,(H,26,27). The number of aromatic carboxylic acids is 1. The highest BCUT2D eigenvalue weighted by Crippen LogP contribution is 2.25. The van der Waals surface area contributed by atoms with Crippen molar-refractivity contribution in [3.05, 3.63) is 96.1 Å². The van der Waals surface area contributed by atoms with Crippen molar-refractivity contribution >= 4 is 22.7 Å². The third kappa shape index (κ3) is 3.94. The summed E-state index contributed by atoms with van der Waals surface area (Å²) >= 11 is 0. The van der Waals surface area contributed by atoms with Crippen molar-refractivity contribution in [3.8, 4) is 22.6 Å². The molecule has 0 aliphatic rings. The van der Waals surface area contributed by atoms with Gasteiger partial charge in [0.1, 0.15) is 11.5 Å². The van der Waals surface area contributed by atoms with Crippen LogP contribution in [0.15, 0.2) is 84.9 Å². The maximum Gasteiger partial charge on any atom is 0.343 e. The van der Waals surface area contributed by atoms with Gasteiger partial charge >= 0.3 is 11.9 Å². The van der Waals surface area contributed by atoms with E-state index in [1.807, 2.05) is 12.1 Å². The number of carboxylic acid groups (broad SMARTS) is 1. The molecule has 4 aromatic carbocycles. The molecule has 0 saturated heterocycles. The van der Waals surface area contributed by atoms with Crippen LogP contribution in [0.4, 0.5) is 0 Å². The number of phenols is 1. The van der Waals surface area contributed by atoms with E-state index in [1.165, 1.54) is 6.07 Å². The predicted octanol–water partition coefficient (Wildman–Crippen LogP) is 5.13. The van der Waals surface area contributed by atoms with Crippen LogP contribution in [0.5, 0.6) is 11.5 Å². The zero-order chi connectivity index (χ0) is 20.4. The first-order valence-electron chi connectivity index (χ1n) is 8.88. The van der Waals surface area contributed by atoms with Crippen molar-refractivity contribution in [2.75, 3.05) is 0 Å². The first kappa shape index (κ1) is 18.3. The molecule has 0 aromatic heterocycles. The number of hydrogen-bond donors (Lipinski definition) is 2. The highest BCUT2D eigenvalue weighted by Gasteiger charge is 2.11. The topological polar surface area (TPSA) is 83.8 Å². The lowest BCUT2D eigenvalue weighted by Gasteiger charge is -2.07. The molecule has 0 fully saturated rings. The van der Waals surface area contributed by atoms with Crippen LogP contribution < -0.4 is 4.74 Å². The molecular weight excluding hydrogens is 368 g/mol. The Labute approximate surface area is 166 Å². The summed E-state index contributed by atoms with van der Waals surface area (Å²) in [5, 5.41) is 19.9.